The molecule has 2 aromatic carbocycles. The highest BCUT2D eigenvalue weighted by Gasteiger charge is 2.20. The van der Waals surface area contributed by atoms with Gasteiger partial charge < -0.3 is 10.3 Å². The van der Waals surface area contributed by atoms with Crippen molar-refractivity contribution in [3.63, 3.8) is 0 Å². The number of nitrogens with one attached hydrogen (secondary N) is 2. The van der Waals surface area contributed by atoms with Gasteiger partial charge >= 0.3 is 0 Å². The zero-order valence-electron chi connectivity index (χ0n) is 16.3. The minimum Gasteiger partial charge on any atom is -0.361 e. The normalized spacial score (nSPS) is 12.0. The lowest BCUT2D eigenvalue weighted by atomic mass is 9.88. The molecule has 4 aromatic rings. The molecule has 0 aliphatic rings. The minimum absolute atomic E-state index is 0.0761. The van der Waals surface area contributed by atoms with Crippen molar-refractivity contribution in [1.29, 1.82) is 0 Å². The Morgan fingerprint density at radius 1 is 0.966 bits per heavy atom. The molecule has 2 N–H and O–H groups in total. The molecule has 0 aliphatic carbocycles. The molecule has 1 amide bonds. The minimum atomic E-state index is 0.0761. The summed E-state index contributed by atoms with van der Waals surface area (Å²) in [5, 5.41) is 4.26. The summed E-state index contributed by atoms with van der Waals surface area (Å²) in [6.07, 6.45) is 5.86. The smallest absolute Gasteiger partial charge is 0.220 e. The maximum absolute atomic E-state index is 12.7. The summed E-state index contributed by atoms with van der Waals surface area (Å²) in [5.74, 6) is 0.190. The lowest BCUT2D eigenvalue weighted by molar-refractivity contribution is -0.121. The van der Waals surface area contributed by atoms with Gasteiger partial charge in [0.15, 0.2) is 0 Å². The monoisotopic (exact) mass is 383 g/mol. The zero-order chi connectivity index (χ0) is 19.9. The van der Waals surface area contributed by atoms with E-state index in [2.05, 4.69) is 57.9 Å². The largest absolute Gasteiger partial charge is 0.361 e. The Kier molecular flexibility index (Phi) is 6.01. The summed E-state index contributed by atoms with van der Waals surface area (Å²) in [6, 6.07) is 24.5. The Bertz CT molecular complexity index is 1060. The molecule has 0 saturated carbocycles. The predicted octanol–water partition coefficient (Wildman–Crippen LogP) is 4.64. The van der Waals surface area contributed by atoms with Crippen molar-refractivity contribution in [2.75, 3.05) is 6.54 Å². The molecular formula is C25H25N3O. The van der Waals surface area contributed by atoms with E-state index in [0.717, 1.165) is 24.1 Å². The first-order valence-electron chi connectivity index (χ1n) is 10.1. The average Bonchev–Trinajstić information content (AvgIpc) is 3.19. The van der Waals surface area contributed by atoms with Gasteiger partial charge in [-0.15, -0.1) is 0 Å². The van der Waals surface area contributed by atoms with Crippen LogP contribution in [0.4, 0.5) is 0 Å². The Hall–Kier alpha value is -3.40. The molecule has 0 radical (unpaired) electrons. The number of pyridine rings is 1. The topological polar surface area (TPSA) is 57.8 Å². The van der Waals surface area contributed by atoms with Gasteiger partial charge in [-0.1, -0.05) is 54.6 Å². The van der Waals surface area contributed by atoms with Crippen LogP contribution in [0.2, 0.25) is 0 Å². The number of H-pyrrole nitrogens is 1. The molecule has 1 atom stereocenters. The summed E-state index contributed by atoms with van der Waals surface area (Å²) >= 11 is 0. The molecule has 2 heterocycles. The summed E-state index contributed by atoms with van der Waals surface area (Å²) in [6.45, 7) is 0.599. The fourth-order valence-corrected chi connectivity index (χ4v) is 3.79. The standard InChI is InChI=1S/C25H25N3O/c29-25(27-15-13-21-10-6-7-14-26-21)17-20(16-19-8-2-1-3-9-19)23-18-28-24-12-5-4-11-22(23)24/h1-12,14,18,20,28H,13,15-17H2,(H,27,29). The van der Waals surface area contributed by atoms with Crippen molar-refractivity contribution in [1.82, 2.24) is 15.3 Å². The third kappa shape index (κ3) is 4.91. The molecule has 4 heteroatoms. The number of fused-ring (bicyclic) bond motifs is 1. The summed E-state index contributed by atoms with van der Waals surface area (Å²) < 4.78 is 0. The Morgan fingerprint density at radius 2 is 1.76 bits per heavy atom. The second kappa shape index (κ2) is 9.20. The lowest BCUT2D eigenvalue weighted by Crippen LogP contribution is -2.27. The van der Waals surface area contributed by atoms with Gasteiger partial charge in [-0.3, -0.25) is 9.78 Å². The first-order valence-corrected chi connectivity index (χ1v) is 10.1. The van der Waals surface area contributed by atoms with Crippen LogP contribution in [0.15, 0.2) is 85.2 Å². The number of carbonyl (C=O) groups excluding carboxylic acids is 1. The van der Waals surface area contributed by atoms with E-state index in [4.69, 9.17) is 0 Å². The molecule has 29 heavy (non-hydrogen) atoms. The number of rotatable bonds is 8. The Morgan fingerprint density at radius 3 is 2.59 bits per heavy atom. The van der Waals surface area contributed by atoms with Crippen LogP contribution in [0.1, 0.15) is 29.2 Å². The van der Waals surface area contributed by atoms with E-state index < -0.39 is 0 Å². The van der Waals surface area contributed by atoms with E-state index in [-0.39, 0.29) is 11.8 Å². The number of hydrogen-bond acceptors (Lipinski definition) is 2. The van der Waals surface area contributed by atoms with Gasteiger partial charge in [0.1, 0.15) is 0 Å². The zero-order valence-corrected chi connectivity index (χ0v) is 16.3. The van der Waals surface area contributed by atoms with Crippen molar-refractivity contribution in [2.24, 2.45) is 0 Å². The van der Waals surface area contributed by atoms with Crippen LogP contribution in [-0.4, -0.2) is 22.4 Å². The van der Waals surface area contributed by atoms with Crippen LogP contribution >= 0.6 is 0 Å². The Labute approximate surface area is 171 Å². The highest BCUT2D eigenvalue weighted by Crippen LogP contribution is 2.30. The molecule has 1 unspecified atom stereocenters. The van der Waals surface area contributed by atoms with Crippen molar-refractivity contribution in [2.45, 2.75) is 25.2 Å². The third-order valence-electron chi connectivity index (χ3n) is 5.25. The van der Waals surface area contributed by atoms with E-state index in [1.54, 1.807) is 6.20 Å². The highest BCUT2D eigenvalue weighted by atomic mass is 16.1. The van der Waals surface area contributed by atoms with Crippen molar-refractivity contribution in [3.05, 3.63) is 102 Å². The van der Waals surface area contributed by atoms with E-state index >= 15 is 0 Å². The lowest BCUT2D eigenvalue weighted by Gasteiger charge is -2.17. The molecule has 0 fully saturated rings. The number of amides is 1. The van der Waals surface area contributed by atoms with Gasteiger partial charge in [-0.05, 0) is 41.7 Å². The molecule has 4 rings (SSSR count). The van der Waals surface area contributed by atoms with E-state index in [1.165, 1.54) is 16.5 Å². The Balaban J connectivity index is 1.47. The summed E-state index contributed by atoms with van der Waals surface area (Å²) in [7, 11) is 0. The van der Waals surface area contributed by atoms with E-state index in [9.17, 15) is 4.79 Å². The number of hydrogen-bond donors (Lipinski definition) is 2. The summed E-state index contributed by atoms with van der Waals surface area (Å²) in [5.41, 5.74) is 4.54. The molecule has 146 valence electrons. The van der Waals surface area contributed by atoms with Crippen molar-refractivity contribution in [3.8, 4) is 0 Å². The highest BCUT2D eigenvalue weighted by molar-refractivity contribution is 5.85. The molecule has 0 aliphatic heterocycles. The molecule has 0 bridgehead atoms. The maximum atomic E-state index is 12.7. The van der Waals surface area contributed by atoms with Gasteiger partial charge in [0.2, 0.25) is 5.91 Å². The van der Waals surface area contributed by atoms with Crippen molar-refractivity contribution >= 4 is 16.8 Å². The third-order valence-corrected chi connectivity index (χ3v) is 5.25. The van der Waals surface area contributed by atoms with Gasteiger partial charge in [0.25, 0.3) is 0 Å². The first kappa shape index (κ1) is 18.9. The quantitative estimate of drug-likeness (QED) is 0.466. The van der Waals surface area contributed by atoms with Crippen LogP contribution in [0.25, 0.3) is 10.9 Å². The van der Waals surface area contributed by atoms with Crippen LogP contribution in [0.5, 0.6) is 0 Å². The van der Waals surface area contributed by atoms with Crippen LogP contribution in [-0.2, 0) is 17.6 Å². The second-order valence-corrected chi connectivity index (χ2v) is 7.30. The fraction of sp³-hybridized carbons (Fsp3) is 0.200. The number of aromatic nitrogens is 2. The number of aromatic amines is 1. The number of carbonyl (C=O) groups is 1. The van der Waals surface area contributed by atoms with Gasteiger partial charge in [-0.25, -0.2) is 0 Å². The molecule has 0 saturated heterocycles. The van der Waals surface area contributed by atoms with Gasteiger partial charge in [0.05, 0.1) is 0 Å². The van der Waals surface area contributed by atoms with Gasteiger partial charge in [0, 0.05) is 48.4 Å². The van der Waals surface area contributed by atoms with Crippen LogP contribution in [0, 0.1) is 0 Å². The second-order valence-electron chi connectivity index (χ2n) is 7.30. The average molecular weight is 383 g/mol. The van der Waals surface area contributed by atoms with E-state index in [0.29, 0.717) is 13.0 Å². The number of para-hydroxylation sites is 1. The maximum Gasteiger partial charge on any atom is 0.220 e. The molecule has 0 spiro atoms. The van der Waals surface area contributed by atoms with Crippen LogP contribution < -0.4 is 5.32 Å². The molecular weight excluding hydrogens is 358 g/mol. The van der Waals surface area contributed by atoms with Crippen molar-refractivity contribution < 1.29 is 4.79 Å². The van der Waals surface area contributed by atoms with E-state index in [1.807, 2.05) is 36.4 Å². The fourth-order valence-electron chi connectivity index (χ4n) is 3.79. The van der Waals surface area contributed by atoms with Crippen LogP contribution in [0.3, 0.4) is 0 Å². The van der Waals surface area contributed by atoms with Gasteiger partial charge in [-0.2, -0.15) is 0 Å². The SMILES string of the molecule is O=C(CC(Cc1ccccc1)c1c[nH]c2ccccc12)NCCc1ccccn1. The first-order chi connectivity index (χ1) is 14.3. The summed E-state index contributed by atoms with van der Waals surface area (Å²) in [4.78, 5) is 20.4. The molecule has 4 nitrogen and oxygen atoms in total. The molecule has 2 aromatic heterocycles. The number of benzene rings is 2. The predicted molar refractivity (Wildman–Crippen MR) is 117 cm³/mol. The number of nitrogens with zero attached hydrogens (tertiary/aromatic N) is 1.